The van der Waals surface area contributed by atoms with E-state index in [1.54, 1.807) is 11.3 Å². The molecular formula is C12H14N2O3S. The van der Waals surface area contributed by atoms with Gasteiger partial charge in [-0.25, -0.2) is 0 Å². The number of hydrogen-bond donors (Lipinski definition) is 1. The predicted octanol–water partition coefficient (Wildman–Crippen LogP) is 2.52. The first kappa shape index (κ1) is 12.8. The Labute approximate surface area is 108 Å². The van der Waals surface area contributed by atoms with E-state index in [0.717, 1.165) is 6.42 Å². The molecule has 1 N–H and O–H groups in total. The number of aromatic nitrogens is 2. The van der Waals surface area contributed by atoms with Gasteiger partial charge in [0.2, 0.25) is 11.8 Å². The number of carbonyl (C=O) groups is 1. The average Bonchev–Trinajstić information content (AvgIpc) is 2.97. The Balaban J connectivity index is 1.77. The molecule has 5 nitrogen and oxygen atoms in total. The summed E-state index contributed by atoms with van der Waals surface area (Å²) in [6.45, 7) is 0. The number of nitrogens with zero attached hydrogens (tertiary/aromatic N) is 2. The number of unbranched alkanes of at least 4 members (excludes halogenated alkanes) is 1. The summed E-state index contributed by atoms with van der Waals surface area (Å²) in [5.41, 5.74) is 0. The number of carboxylic acid groups (broad SMARTS) is 1. The molecule has 0 aliphatic heterocycles. The van der Waals surface area contributed by atoms with Crippen LogP contribution in [0.15, 0.2) is 21.9 Å². The van der Waals surface area contributed by atoms with Crippen LogP contribution in [0.5, 0.6) is 0 Å². The molecule has 0 aliphatic rings. The van der Waals surface area contributed by atoms with Crippen molar-refractivity contribution in [2.75, 3.05) is 0 Å². The van der Waals surface area contributed by atoms with Crippen LogP contribution in [0.25, 0.3) is 0 Å². The molecule has 2 rings (SSSR count). The number of hydrogen-bond acceptors (Lipinski definition) is 5. The molecule has 96 valence electrons. The maximum Gasteiger partial charge on any atom is 0.303 e. The van der Waals surface area contributed by atoms with Gasteiger partial charge in [-0.2, -0.15) is 0 Å². The maximum atomic E-state index is 10.3. The molecule has 0 bridgehead atoms. The molecule has 0 atom stereocenters. The summed E-state index contributed by atoms with van der Waals surface area (Å²) in [6.07, 6.45) is 2.89. The van der Waals surface area contributed by atoms with Crippen molar-refractivity contribution in [3.8, 4) is 0 Å². The van der Waals surface area contributed by atoms with Crippen LogP contribution in [0.1, 0.15) is 35.9 Å². The van der Waals surface area contributed by atoms with Crippen molar-refractivity contribution in [3.05, 3.63) is 34.2 Å². The van der Waals surface area contributed by atoms with Gasteiger partial charge in [0.15, 0.2) is 0 Å². The standard InChI is InChI=1S/C12H14N2O3S/c15-12(16)6-2-1-5-10-13-14-11(17-10)8-9-4-3-7-18-9/h3-4,7H,1-2,5-6,8H2,(H,15,16). The molecule has 0 radical (unpaired) electrons. The maximum absolute atomic E-state index is 10.3. The van der Waals surface area contributed by atoms with Crippen molar-refractivity contribution in [1.82, 2.24) is 10.2 Å². The zero-order chi connectivity index (χ0) is 12.8. The van der Waals surface area contributed by atoms with Crippen LogP contribution in [-0.2, 0) is 17.6 Å². The van der Waals surface area contributed by atoms with Crippen molar-refractivity contribution >= 4 is 17.3 Å². The summed E-state index contributed by atoms with van der Waals surface area (Å²) in [5, 5.41) is 18.5. The van der Waals surface area contributed by atoms with Gasteiger partial charge in [-0.1, -0.05) is 6.07 Å². The lowest BCUT2D eigenvalue weighted by Gasteiger charge is -1.94. The summed E-state index contributed by atoms with van der Waals surface area (Å²) in [7, 11) is 0. The van der Waals surface area contributed by atoms with Crippen molar-refractivity contribution < 1.29 is 14.3 Å². The highest BCUT2D eigenvalue weighted by molar-refractivity contribution is 7.09. The number of aliphatic carboxylic acids is 1. The molecule has 0 unspecified atom stereocenters. The molecule has 6 heteroatoms. The minimum Gasteiger partial charge on any atom is -0.481 e. The second kappa shape index (κ2) is 6.30. The molecule has 0 amide bonds. The number of thiophene rings is 1. The second-order valence-corrected chi connectivity index (χ2v) is 4.98. The van der Waals surface area contributed by atoms with Crippen molar-refractivity contribution in [2.45, 2.75) is 32.1 Å². The van der Waals surface area contributed by atoms with Crippen LogP contribution in [0.3, 0.4) is 0 Å². The highest BCUT2D eigenvalue weighted by atomic mass is 32.1. The van der Waals surface area contributed by atoms with Crippen molar-refractivity contribution in [1.29, 1.82) is 0 Å². The zero-order valence-corrected chi connectivity index (χ0v) is 10.7. The summed E-state index contributed by atoms with van der Waals surface area (Å²) < 4.78 is 5.50. The zero-order valence-electron chi connectivity index (χ0n) is 9.83. The van der Waals surface area contributed by atoms with E-state index >= 15 is 0 Å². The van der Waals surface area contributed by atoms with Crippen LogP contribution >= 0.6 is 11.3 Å². The lowest BCUT2D eigenvalue weighted by Crippen LogP contribution is -1.95. The first-order chi connectivity index (χ1) is 8.74. The van der Waals surface area contributed by atoms with Gasteiger partial charge < -0.3 is 9.52 Å². The van der Waals surface area contributed by atoms with Gasteiger partial charge in [-0.15, -0.1) is 21.5 Å². The summed E-state index contributed by atoms with van der Waals surface area (Å²) in [6, 6.07) is 4.02. The van der Waals surface area contributed by atoms with Gasteiger partial charge in [0, 0.05) is 17.7 Å². The molecule has 0 aliphatic carbocycles. The van der Waals surface area contributed by atoms with Gasteiger partial charge >= 0.3 is 5.97 Å². The van der Waals surface area contributed by atoms with Crippen LogP contribution in [0.4, 0.5) is 0 Å². The molecule has 0 fully saturated rings. The summed E-state index contributed by atoms with van der Waals surface area (Å²) in [4.78, 5) is 11.5. The summed E-state index contributed by atoms with van der Waals surface area (Å²) in [5.74, 6) is 0.441. The lowest BCUT2D eigenvalue weighted by atomic mass is 10.2. The fourth-order valence-corrected chi connectivity index (χ4v) is 2.27. The Morgan fingerprint density at radius 1 is 1.33 bits per heavy atom. The van der Waals surface area contributed by atoms with Crippen molar-refractivity contribution in [3.63, 3.8) is 0 Å². The average molecular weight is 266 g/mol. The minimum absolute atomic E-state index is 0.191. The van der Waals surface area contributed by atoms with E-state index in [-0.39, 0.29) is 6.42 Å². The van der Waals surface area contributed by atoms with E-state index in [1.807, 2.05) is 17.5 Å². The largest absolute Gasteiger partial charge is 0.481 e. The number of rotatable bonds is 7. The number of aryl methyl sites for hydroxylation is 1. The molecule has 0 spiro atoms. The quantitative estimate of drug-likeness (QED) is 0.779. The Kier molecular flexibility index (Phi) is 4.46. The predicted molar refractivity (Wildman–Crippen MR) is 66.6 cm³/mol. The Morgan fingerprint density at radius 3 is 2.89 bits per heavy atom. The van der Waals surface area contributed by atoms with E-state index in [9.17, 15) is 4.79 Å². The van der Waals surface area contributed by atoms with Gasteiger partial charge in [-0.3, -0.25) is 4.79 Å². The van der Waals surface area contributed by atoms with Crippen LogP contribution in [-0.4, -0.2) is 21.3 Å². The Hall–Kier alpha value is -1.69. The topological polar surface area (TPSA) is 76.2 Å². The minimum atomic E-state index is -0.765. The third-order valence-corrected chi connectivity index (χ3v) is 3.32. The first-order valence-corrected chi connectivity index (χ1v) is 6.67. The van der Waals surface area contributed by atoms with Crippen LogP contribution in [0, 0.1) is 0 Å². The smallest absolute Gasteiger partial charge is 0.303 e. The fraction of sp³-hybridized carbons (Fsp3) is 0.417. The third kappa shape index (κ3) is 3.96. The summed E-state index contributed by atoms with van der Waals surface area (Å²) >= 11 is 1.66. The van der Waals surface area contributed by atoms with E-state index in [2.05, 4.69) is 10.2 Å². The highest BCUT2D eigenvalue weighted by Gasteiger charge is 2.07. The monoisotopic (exact) mass is 266 g/mol. The molecule has 0 saturated heterocycles. The van der Waals surface area contributed by atoms with E-state index in [4.69, 9.17) is 9.52 Å². The second-order valence-electron chi connectivity index (χ2n) is 3.95. The SMILES string of the molecule is O=C(O)CCCCc1nnc(Cc2cccs2)o1. The molecule has 2 aromatic rings. The van der Waals surface area contributed by atoms with Gasteiger partial charge in [0.05, 0.1) is 6.42 Å². The highest BCUT2D eigenvalue weighted by Crippen LogP contribution is 2.14. The van der Waals surface area contributed by atoms with E-state index < -0.39 is 5.97 Å². The third-order valence-electron chi connectivity index (χ3n) is 2.45. The first-order valence-electron chi connectivity index (χ1n) is 5.79. The molecule has 2 aromatic heterocycles. The van der Waals surface area contributed by atoms with Gasteiger partial charge in [-0.05, 0) is 24.3 Å². The molecule has 18 heavy (non-hydrogen) atoms. The van der Waals surface area contributed by atoms with E-state index in [0.29, 0.717) is 31.0 Å². The Morgan fingerprint density at radius 2 is 2.17 bits per heavy atom. The van der Waals surface area contributed by atoms with Crippen molar-refractivity contribution in [2.24, 2.45) is 0 Å². The van der Waals surface area contributed by atoms with Gasteiger partial charge in [0.25, 0.3) is 0 Å². The van der Waals surface area contributed by atoms with Gasteiger partial charge in [0.1, 0.15) is 0 Å². The van der Waals surface area contributed by atoms with Crippen LogP contribution in [0.2, 0.25) is 0 Å². The number of carboxylic acids is 1. The Bertz CT molecular complexity index is 493. The van der Waals surface area contributed by atoms with E-state index in [1.165, 1.54) is 4.88 Å². The molecule has 0 aromatic carbocycles. The molecule has 2 heterocycles. The molecular weight excluding hydrogens is 252 g/mol. The van der Waals surface area contributed by atoms with Crippen LogP contribution < -0.4 is 0 Å². The normalized spacial score (nSPS) is 10.7. The molecule has 0 saturated carbocycles. The lowest BCUT2D eigenvalue weighted by molar-refractivity contribution is -0.137. The fourth-order valence-electron chi connectivity index (χ4n) is 1.58.